The molecule has 126 valence electrons. The fraction of sp³-hybridized carbons (Fsp3) is 0.882. The van der Waals surface area contributed by atoms with Gasteiger partial charge in [-0.15, -0.1) is 0 Å². The van der Waals surface area contributed by atoms with Crippen molar-refractivity contribution in [2.45, 2.75) is 70.9 Å². The number of amides is 1. The maximum atomic E-state index is 12.6. The molecule has 1 saturated heterocycles. The topological polar surface area (TPSA) is 60.9 Å². The summed E-state index contributed by atoms with van der Waals surface area (Å²) in [5.41, 5.74) is 0. The summed E-state index contributed by atoms with van der Waals surface area (Å²) in [6.45, 7) is 5.96. The van der Waals surface area contributed by atoms with Gasteiger partial charge in [0.2, 0.25) is 5.91 Å². The molecule has 1 N–H and O–H groups in total. The molecule has 1 heterocycles. The van der Waals surface area contributed by atoms with Crippen LogP contribution in [0.5, 0.6) is 0 Å². The number of carboxylic acids is 1. The standard InChI is InChI=1S/C17H30N2O3/c1-3-9-18(10-4-2)16(20)12-19-14-8-6-5-7-13(14)11-15(19)17(21)22/h13-15H,3-12H2,1-2H3,(H,21,22)/t13-,14+,15+/m1/s1. The number of likely N-dealkylation sites (tertiary alicyclic amines) is 1. The van der Waals surface area contributed by atoms with Crippen LogP contribution in [0.25, 0.3) is 0 Å². The van der Waals surface area contributed by atoms with Crippen LogP contribution >= 0.6 is 0 Å². The lowest BCUT2D eigenvalue weighted by Gasteiger charge is -2.34. The van der Waals surface area contributed by atoms with Gasteiger partial charge in [0.1, 0.15) is 6.04 Å². The van der Waals surface area contributed by atoms with Gasteiger partial charge in [-0.1, -0.05) is 26.7 Å². The highest BCUT2D eigenvalue weighted by atomic mass is 16.4. The van der Waals surface area contributed by atoms with Crippen molar-refractivity contribution in [3.63, 3.8) is 0 Å². The second kappa shape index (κ2) is 7.95. The van der Waals surface area contributed by atoms with Crippen LogP contribution < -0.4 is 0 Å². The maximum Gasteiger partial charge on any atom is 0.320 e. The molecule has 2 rings (SSSR count). The van der Waals surface area contributed by atoms with E-state index in [1.54, 1.807) is 0 Å². The van der Waals surface area contributed by atoms with Crippen molar-refractivity contribution >= 4 is 11.9 Å². The summed E-state index contributed by atoms with van der Waals surface area (Å²) in [4.78, 5) is 28.1. The number of hydrogen-bond donors (Lipinski definition) is 1. The minimum Gasteiger partial charge on any atom is -0.480 e. The zero-order valence-corrected chi connectivity index (χ0v) is 14.0. The third-order valence-electron chi connectivity index (χ3n) is 5.16. The molecule has 0 bridgehead atoms. The zero-order valence-electron chi connectivity index (χ0n) is 14.0. The van der Waals surface area contributed by atoms with Gasteiger partial charge in [-0.05, 0) is 38.0 Å². The Hall–Kier alpha value is -1.10. The van der Waals surface area contributed by atoms with E-state index < -0.39 is 12.0 Å². The fourth-order valence-corrected chi connectivity index (χ4v) is 4.18. The normalized spacial score (nSPS) is 28.4. The first kappa shape index (κ1) is 17.3. The third kappa shape index (κ3) is 3.80. The lowest BCUT2D eigenvalue weighted by atomic mass is 9.85. The van der Waals surface area contributed by atoms with Crippen LogP contribution in [0.3, 0.4) is 0 Å². The molecule has 2 aliphatic rings. The smallest absolute Gasteiger partial charge is 0.320 e. The predicted molar refractivity (Wildman–Crippen MR) is 85.7 cm³/mol. The summed E-state index contributed by atoms with van der Waals surface area (Å²) < 4.78 is 0. The Labute approximate surface area is 133 Å². The molecule has 0 radical (unpaired) electrons. The Bertz CT molecular complexity index is 393. The summed E-state index contributed by atoms with van der Waals surface area (Å²) in [6.07, 6.45) is 7.13. The monoisotopic (exact) mass is 310 g/mol. The van der Waals surface area contributed by atoms with E-state index in [0.717, 1.165) is 51.6 Å². The first-order chi connectivity index (χ1) is 10.6. The van der Waals surface area contributed by atoms with E-state index >= 15 is 0 Å². The quantitative estimate of drug-likeness (QED) is 0.784. The first-order valence-corrected chi connectivity index (χ1v) is 8.84. The number of nitrogens with zero attached hydrogens (tertiary/aromatic N) is 2. The van der Waals surface area contributed by atoms with Gasteiger partial charge in [-0.3, -0.25) is 14.5 Å². The molecule has 1 saturated carbocycles. The van der Waals surface area contributed by atoms with Gasteiger partial charge in [0, 0.05) is 19.1 Å². The van der Waals surface area contributed by atoms with E-state index in [1.807, 2.05) is 9.80 Å². The van der Waals surface area contributed by atoms with Gasteiger partial charge in [-0.2, -0.15) is 0 Å². The third-order valence-corrected chi connectivity index (χ3v) is 5.16. The molecular formula is C17H30N2O3. The predicted octanol–water partition coefficient (Wildman–Crippen LogP) is 2.35. The van der Waals surface area contributed by atoms with E-state index in [4.69, 9.17) is 0 Å². The van der Waals surface area contributed by atoms with E-state index in [-0.39, 0.29) is 12.5 Å². The maximum absolute atomic E-state index is 12.6. The number of aliphatic carboxylic acids is 1. The van der Waals surface area contributed by atoms with Crippen molar-refractivity contribution < 1.29 is 14.7 Å². The highest BCUT2D eigenvalue weighted by Crippen LogP contribution is 2.39. The van der Waals surface area contributed by atoms with Crippen LogP contribution in [-0.4, -0.2) is 58.5 Å². The van der Waals surface area contributed by atoms with Crippen LogP contribution in [-0.2, 0) is 9.59 Å². The van der Waals surface area contributed by atoms with Gasteiger partial charge in [-0.25, -0.2) is 0 Å². The molecule has 2 fully saturated rings. The molecule has 1 aliphatic carbocycles. The first-order valence-electron chi connectivity index (χ1n) is 8.84. The highest BCUT2D eigenvalue weighted by molar-refractivity contribution is 5.80. The molecule has 22 heavy (non-hydrogen) atoms. The van der Waals surface area contributed by atoms with Gasteiger partial charge in [0.15, 0.2) is 0 Å². The van der Waals surface area contributed by atoms with Crippen molar-refractivity contribution in [3.05, 3.63) is 0 Å². The molecule has 5 heteroatoms. The Kier molecular flexibility index (Phi) is 6.24. The van der Waals surface area contributed by atoms with Crippen LogP contribution in [0.4, 0.5) is 0 Å². The lowest BCUT2D eigenvalue weighted by Crippen LogP contribution is -2.48. The van der Waals surface area contributed by atoms with Crippen LogP contribution in [0.15, 0.2) is 0 Å². The van der Waals surface area contributed by atoms with Gasteiger partial charge in [0.25, 0.3) is 0 Å². The van der Waals surface area contributed by atoms with E-state index in [9.17, 15) is 14.7 Å². The number of fused-ring (bicyclic) bond motifs is 1. The Morgan fingerprint density at radius 3 is 2.36 bits per heavy atom. The molecule has 1 aliphatic heterocycles. The SMILES string of the molecule is CCCN(CCC)C(=O)CN1[C@H](C(=O)O)C[C@H]2CCCC[C@@H]21. The summed E-state index contributed by atoms with van der Waals surface area (Å²) in [5.74, 6) is -0.200. The number of carboxylic acid groups (broad SMARTS) is 1. The molecule has 3 atom stereocenters. The molecule has 5 nitrogen and oxygen atoms in total. The largest absolute Gasteiger partial charge is 0.480 e. The molecule has 0 aromatic heterocycles. The minimum absolute atomic E-state index is 0.0983. The second-order valence-corrected chi connectivity index (χ2v) is 6.75. The number of carbonyl (C=O) groups is 2. The number of carbonyl (C=O) groups excluding carboxylic acids is 1. The molecular weight excluding hydrogens is 280 g/mol. The molecule has 0 aromatic carbocycles. The molecule has 1 amide bonds. The highest BCUT2D eigenvalue weighted by Gasteiger charge is 2.45. The average Bonchev–Trinajstić information content (AvgIpc) is 2.86. The van der Waals surface area contributed by atoms with Crippen molar-refractivity contribution in [1.29, 1.82) is 0 Å². The zero-order chi connectivity index (χ0) is 16.1. The lowest BCUT2D eigenvalue weighted by molar-refractivity contribution is -0.144. The van der Waals surface area contributed by atoms with E-state index in [0.29, 0.717) is 12.0 Å². The summed E-state index contributed by atoms with van der Waals surface area (Å²) in [6, 6.07) is -0.175. The Morgan fingerprint density at radius 1 is 1.14 bits per heavy atom. The van der Waals surface area contributed by atoms with Crippen molar-refractivity contribution in [2.24, 2.45) is 5.92 Å². The fourth-order valence-electron chi connectivity index (χ4n) is 4.18. The summed E-state index contributed by atoms with van der Waals surface area (Å²) in [5, 5.41) is 9.52. The summed E-state index contributed by atoms with van der Waals surface area (Å²) in [7, 11) is 0. The van der Waals surface area contributed by atoms with Gasteiger partial charge in [0.05, 0.1) is 6.54 Å². The molecule has 0 spiro atoms. The van der Waals surface area contributed by atoms with Crippen LogP contribution in [0, 0.1) is 5.92 Å². The van der Waals surface area contributed by atoms with E-state index in [1.165, 1.54) is 6.42 Å². The van der Waals surface area contributed by atoms with Crippen molar-refractivity contribution in [3.8, 4) is 0 Å². The van der Waals surface area contributed by atoms with Gasteiger partial charge >= 0.3 is 5.97 Å². The van der Waals surface area contributed by atoms with E-state index in [2.05, 4.69) is 13.8 Å². The second-order valence-electron chi connectivity index (χ2n) is 6.75. The van der Waals surface area contributed by atoms with Crippen LogP contribution in [0.1, 0.15) is 58.8 Å². The van der Waals surface area contributed by atoms with Crippen LogP contribution in [0.2, 0.25) is 0 Å². The Balaban J connectivity index is 2.06. The molecule has 0 aromatic rings. The minimum atomic E-state index is -0.764. The molecule has 0 unspecified atom stereocenters. The van der Waals surface area contributed by atoms with Crippen molar-refractivity contribution in [2.75, 3.05) is 19.6 Å². The van der Waals surface area contributed by atoms with Gasteiger partial charge < -0.3 is 10.0 Å². The Morgan fingerprint density at radius 2 is 1.77 bits per heavy atom. The summed E-state index contributed by atoms with van der Waals surface area (Å²) >= 11 is 0. The average molecular weight is 310 g/mol. The number of rotatable bonds is 7. The number of hydrogen-bond acceptors (Lipinski definition) is 3. The van der Waals surface area contributed by atoms with Crippen molar-refractivity contribution in [1.82, 2.24) is 9.80 Å².